The van der Waals surface area contributed by atoms with Crippen molar-refractivity contribution in [3.05, 3.63) is 39.2 Å². The summed E-state index contributed by atoms with van der Waals surface area (Å²) in [5.74, 6) is -0.249. The number of rotatable bonds is 5. The summed E-state index contributed by atoms with van der Waals surface area (Å²) >= 11 is 6.21. The first-order valence-corrected chi connectivity index (χ1v) is 7.34. The number of ether oxygens (including phenoxy) is 2. The summed E-state index contributed by atoms with van der Waals surface area (Å²) < 4.78 is 15.3. The summed E-state index contributed by atoms with van der Waals surface area (Å²) in [5.41, 5.74) is 0.834. The second kappa shape index (κ2) is 6.83. The van der Waals surface area contributed by atoms with Crippen molar-refractivity contribution < 1.29 is 18.7 Å². The van der Waals surface area contributed by atoms with Crippen molar-refractivity contribution in [1.29, 1.82) is 0 Å². The average molecular weight is 325 g/mol. The molecule has 1 aromatic carbocycles. The SMILES string of the molecule is CCCc1cc(=O)oc2cc(O[C@@H](C)C(=O)OC)c(Cl)cc12. The fourth-order valence-electron chi connectivity index (χ4n) is 2.20. The number of benzene rings is 1. The lowest BCUT2D eigenvalue weighted by atomic mass is 10.1. The van der Waals surface area contributed by atoms with Crippen LogP contribution in [-0.2, 0) is 16.0 Å². The monoisotopic (exact) mass is 324 g/mol. The number of esters is 1. The minimum Gasteiger partial charge on any atom is -0.477 e. The van der Waals surface area contributed by atoms with Crippen molar-refractivity contribution in [3.63, 3.8) is 0 Å². The fourth-order valence-corrected chi connectivity index (χ4v) is 2.41. The number of hydrogen-bond donors (Lipinski definition) is 0. The first-order chi connectivity index (χ1) is 10.5. The molecular weight excluding hydrogens is 308 g/mol. The van der Waals surface area contributed by atoms with Crippen molar-refractivity contribution in [1.82, 2.24) is 0 Å². The summed E-state index contributed by atoms with van der Waals surface area (Å²) in [7, 11) is 1.28. The highest BCUT2D eigenvalue weighted by Gasteiger charge is 2.18. The maximum Gasteiger partial charge on any atom is 0.346 e. The van der Waals surface area contributed by atoms with Crippen LogP contribution in [0, 0.1) is 0 Å². The molecule has 1 aromatic heterocycles. The van der Waals surface area contributed by atoms with E-state index in [-0.39, 0.29) is 5.75 Å². The zero-order valence-electron chi connectivity index (χ0n) is 12.6. The van der Waals surface area contributed by atoms with Gasteiger partial charge in [0.05, 0.1) is 12.1 Å². The lowest BCUT2D eigenvalue weighted by molar-refractivity contribution is -0.147. The molecule has 6 heteroatoms. The Hall–Kier alpha value is -2.01. The molecule has 0 unspecified atom stereocenters. The molecule has 0 saturated carbocycles. The fraction of sp³-hybridized carbons (Fsp3) is 0.375. The Morgan fingerprint density at radius 3 is 2.73 bits per heavy atom. The molecule has 0 bridgehead atoms. The third-order valence-corrected chi connectivity index (χ3v) is 3.53. The first kappa shape index (κ1) is 16.4. The highest BCUT2D eigenvalue weighted by atomic mass is 35.5. The molecule has 22 heavy (non-hydrogen) atoms. The zero-order chi connectivity index (χ0) is 16.3. The summed E-state index contributed by atoms with van der Waals surface area (Å²) in [6, 6.07) is 4.68. The van der Waals surface area contributed by atoms with Crippen molar-refractivity contribution in [3.8, 4) is 5.75 Å². The summed E-state index contributed by atoms with van der Waals surface area (Å²) in [6.45, 7) is 3.58. The molecule has 0 aliphatic rings. The zero-order valence-corrected chi connectivity index (χ0v) is 13.4. The van der Waals surface area contributed by atoms with E-state index in [1.165, 1.54) is 19.2 Å². The molecule has 0 aliphatic carbocycles. The lowest BCUT2D eigenvalue weighted by Gasteiger charge is -2.14. The Morgan fingerprint density at radius 2 is 2.09 bits per heavy atom. The van der Waals surface area contributed by atoms with E-state index in [2.05, 4.69) is 4.74 Å². The van der Waals surface area contributed by atoms with Gasteiger partial charge >= 0.3 is 11.6 Å². The quantitative estimate of drug-likeness (QED) is 0.623. The number of aryl methyl sites for hydroxylation is 1. The van der Waals surface area contributed by atoms with Crippen molar-refractivity contribution in [2.75, 3.05) is 7.11 Å². The van der Waals surface area contributed by atoms with Crippen LogP contribution in [0.4, 0.5) is 0 Å². The Morgan fingerprint density at radius 1 is 1.36 bits per heavy atom. The van der Waals surface area contributed by atoms with Gasteiger partial charge in [-0.05, 0) is 25.0 Å². The van der Waals surface area contributed by atoms with Crippen molar-refractivity contribution in [2.24, 2.45) is 0 Å². The van der Waals surface area contributed by atoms with Gasteiger partial charge in [0.2, 0.25) is 0 Å². The number of fused-ring (bicyclic) bond motifs is 1. The van der Waals surface area contributed by atoms with Gasteiger partial charge in [-0.25, -0.2) is 9.59 Å². The van der Waals surface area contributed by atoms with Crippen LogP contribution in [0.5, 0.6) is 5.75 Å². The van der Waals surface area contributed by atoms with E-state index >= 15 is 0 Å². The molecule has 118 valence electrons. The predicted octanol–water partition coefficient (Wildman–Crippen LogP) is 3.34. The summed E-state index contributed by atoms with van der Waals surface area (Å²) in [4.78, 5) is 23.1. The van der Waals surface area contributed by atoms with Crippen LogP contribution in [-0.4, -0.2) is 19.2 Å². The molecule has 2 aromatic rings. The van der Waals surface area contributed by atoms with Gasteiger partial charge in [-0.15, -0.1) is 0 Å². The third-order valence-electron chi connectivity index (χ3n) is 3.24. The Bertz CT molecular complexity index is 750. The molecule has 0 spiro atoms. The molecular formula is C16H17ClO5. The Kier molecular flexibility index (Phi) is 5.08. The first-order valence-electron chi connectivity index (χ1n) is 6.97. The van der Waals surface area contributed by atoms with Gasteiger partial charge in [0, 0.05) is 17.5 Å². The van der Waals surface area contributed by atoms with Crippen LogP contribution >= 0.6 is 11.6 Å². The summed E-state index contributed by atoms with van der Waals surface area (Å²) in [5, 5.41) is 1.11. The van der Waals surface area contributed by atoms with E-state index in [9.17, 15) is 9.59 Å². The minimum atomic E-state index is -0.814. The van der Waals surface area contributed by atoms with Crippen molar-refractivity contribution >= 4 is 28.5 Å². The number of methoxy groups -OCH3 is 1. The molecule has 0 N–H and O–H groups in total. The van der Waals surface area contributed by atoms with E-state index in [0.29, 0.717) is 10.6 Å². The Labute approximate surface area is 132 Å². The van der Waals surface area contributed by atoms with E-state index < -0.39 is 17.7 Å². The topological polar surface area (TPSA) is 65.7 Å². The summed E-state index contributed by atoms with van der Waals surface area (Å²) in [6.07, 6.45) is 0.829. The minimum absolute atomic E-state index is 0.267. The molecule has 0 amide bonds. The number of halogens is 1. The predicted molar refractivity (Wildman–Crippen MR) is 83.6 cm³/mol. The normalized spacial score (nSPS) is 12.2. The van der Waals surface area contributed by atoms with Gasteiger partial charge < -0.3 is 13.9 Å². The largest absolute Gasteiger partial charge is 0.477 e. The smallest absolute Gasteiger partial charge is 0.346 e. The average Bonchev–Trinajstić information content (AvgIpc) is 2.48. The third kappa shape index (κ3) is 3.42. The van der Waals surface area contributed by atoms with Crippen LogP contribution in [0.15, 0.2) is 27.4 Å². The highest BCUT2D eigenvalue weighted by Crippen LogP contribution is 2.32. The molecule has 0 radical (unpaired) electrons. The van der Waals surface area contributed by atoms with Gasteiger partial charge in [-0.1, -0.05) is 24.9 Å². The Balaban J connectivity index is 2.48. The van der Waals surface area contributed by atoms with Crippen LogP contribution in [0.25, 0.3) is 11.0 Å². The lowest BCUT2D eigenvalue weighted by Crippen LogP contribution is -2.25. The second-order valence-electron chi connectivity index (χ2n) is 4.90. The van der Waals surface area contributed by atoms with Gasteiger partial charge in [0.25, 0.3) is 0 Å². The van der Waals surface area contributed by atoms with Gasteiger partial charge in [0.1, 0.15) is 11.3 Å². The molecule has 0 aliphatic heterocycles. The van der Waals surface area contributed by atoms with Crippen LogP contribution in [0.2, 0.25) is 5.02 Å². The van der Waals surface area contributed by atoms with Crippen molar-refractivity contribution in [2.45, 2.75) is 32.8 Å². The number of hydrogen-bond acceptors (Lipinski definition) is 5. The van der Waals surface area contributed by atoms with E-state index in [1.807, 2.05) is 6.92 Å². The molecule has 5 nitrogen and oxygen atoms in total. The molecule has 0 saturated heterocycles. The number of carbonyl (C=O) groups is 1. The molecule has 1 atom stereocenters. The molecule has 2 rings (SSSR count). The van der Waals surface area contributed by atoms with E-state index in [0.717, 1.165) is 23.8 Å². The van der Waals surface area contributed by atoms with Gasteiger partial charge in [-0.2, -0.15) is 0 Å². The highest BCUT2D eigenvalue weighted by molar-refractivity contribution is 6.32. The number of carbonyl (C=O) groups excluding carboxylic acids is 1. The standard InChI is InChI=1S/C16H17ClO5/c1-4-5-10-6-15(18)22-13-8-14(12(17)7-11(10)13)21-9(2)16(19)20-3/h6-9H,4-5H2,1-3H3/t9-/m0/s1. The second-order valence-corrected chi connectivity index (χ2v) is 5.31. The van der Waals surface area contributed by atoms with Gasteiger partial charge in [-0.3, -0.25) is 0 Å². The van der Waals surface area contributed by atoms with E-state index in [4.69, 9.17) is 20.8 Å². The van der Waals surface area contributed by atoms with Crippen LogP contribution in [0.1, 0.15) is 25.8 Å². The van der Waals surface area contributed by atoms with Crippen LogP contribution < -0.4 is 10.4 Å². The van der Waals surface area contributed by atoms with Gasteiger partial charge in [0.15, 0.2) is 6.10 Å². The molecule has 1 heterocycles. The van der Waals surface area contributed by atoms with Crippen LogP contribution in [0.3, 0.4) is 0 Å². The maximum absolute atomic E-state index is 11.6. The van der Waals surface area contributed by atoms with E-state index in [1.54, 1.807) is 13.0 Å². The maximum atomic E-state index is 11.6. The molecule has 0 fully saturated rings.